The molecule has 24 heavy (non-hydrogen) atoms. The van der Waals surface area contributed by atoms with Crippen LogP contribution in [0.25, 0.3) is 11.0 Å². The predicted molar refractivity (Wildman–Crippen MR) is 97.6 cm³/mol. The van der Waals surface area contributed by atoms with Crippen LogP contribution in [0, 0.1) is 27.7 Å². The van der Waals surface area contributed by atoms with E-state index in [1.165, 1.54) is 0 Å². The smallest absolute Gasteiger partial charge is 0.308 e. The van der Waals surface area contributed by atoms with Gasteiger partial charge in [0, 0.05) is 11.4 Å². The first-order valence-electron chi connectivity index (χ1n) is 7.83. The molecule has 0 aliphatic heterocycles. The van der Waals surface area contributed by atoms with Crippen LogP contribution in [0.15, 0.2) is 36.4 Å². The highest BCUT2D eigenvalue weighted by atomic mass is 16.2. The van der Waals surface area contributed by atoms with Crippen LogP contribution in [0.3, 0.4) is 0 Å². The van der Waals surface area contributed by atoms with Crippen LogP contribution in [-0.2, 0) is 0 Å². The van der Waals surface area contributed by atoms with Gasteiger partial charge in [0.25, 0.3) is 0 Å². The van der Waals surface area contributed by atoms with Gasteiger partial charge < -0.3 is 10.6 Å². The van der Waals surface area contributed by atoms with E-state index in [4.69, 9.17) is 0 Å². The van der Waals surface area contributed by atoms with Gasteiger partial charge in [0.15, 0.2) is 0 Å². The predicted octanol–water partition coefficient (Wildman–Crippen LogP) is 4.51. The van der Waals surface area contributed by atoms with Gasteiger partial charge in [-0.05, 0) is 57.0 Å². The largest absolute Gasteiger partial charge is 0.323 e. The molecule has 0 bridgehead atoms. The number of hydrogen-bond donors (Lipinski definition) is 2. The van der Waals surface area contributed by atoms with E-state index in [0.717, 1.165) is 39.2 Å². The summed E-state index contributed by atoms with van der Waals surface area (Å²) < 4.78 is 0. The molecule has 3 rings (SSSR count). The Morgan fingerprint density at radius 2 is 1.46 bits per heavy atom. The third kappa shape index (κ3) is 3.20. The molecule has 0 radical (unpaired) electrons. The maximum atomic E-state index is 12.3. The van der Waals surface area contributed by atoms with Crippen LogP contribution in [0.4, 0.5) is 16.2 Å². The number of carbonyl (C=O) groups excluding carboxylic acids is 1. The van der Waals surface area contributed by atoms with Gasteiger partial charge in [-0.25, -0.2) is 14.8 Å². The van der Waals surface area contributed by atoms with Gasteiger partial charge in [0.05, 0.1) is 22.4 Å². The molecule has 5 nitrogen and oxygen atoms in total. The van der Waals surface area contributed by atoms with E-state index in [-0.39, 0.29) is 6.03 Å². The molecule has 0 saturated carbocycles. The number of anilines is 2. The zero-order valence-electron chi connectivity index (χ0n) is 14.3. The number of fused-ring (bicyclic) bond motifs is 1. The molecule has 2 amide bonds. The molecule has 0 aliphatic rings. The van der Waals surface area contributed by atoms with E-state index >= 15 is 0 Å². The van der Waals surface area contributed by atoms with Gasteiger partial charge in [0.1, 0.15) is 0 Å². The van der Waals surface area contributed by atoms with Crippen molar-refractivity contribution in [1.29, 1.82) is 0 Å². The SMILES string of the molecule is Cc1cccc(C)c1NC(=O)Nc1ccc2nc(C)c(C)nc2c1. The summed E-state index contributed by atoms with van der Waals surface area (Å²) in [4.78, 5) is 21.3. The highest BCUT2D eigenvalue weighted by Gasteiger charge is 2.08. The second kappa shape index (κ2) is 6.28. The number of amides is 2. The Morgan fingerprint density at radius 1 is 0.833 bits per heavy atom. The number of nitrogens with zero attached hydrogens (tertiary/aromatic N) is 2. The fourth-order valence-corrected chi connectivity index (χ4v) is 2.60. The zero-order valence-corrected chi connectivity index (χ0v) is 14.3. The van der Waals surface area contributed by atoms with Gasteiger partial charge >= 0.3 is 6.03 Å². The Morgan fingerprint density at radius 3 is 2.12 bits per heavy atom. The molecule has 2 aromatic carbocycles. The number of aryl methyl sites for hydroxylation is 4. The first-order chi connectivity index (χ1) is 11.4. The Labute approximate surface area is 141 Å². The van der Waals surface area contributed by atoms with Crippen molar-refractivity contribution in [2.75, 3.05) is 10.6 Å². The molecule has 5 heteroatoms. The fraction of sp³-hybridized carbons (Fsp3) is 0.211. The van der Waals surface area contributed by atoms with Crippen LogP contribution in [0.1, 0.15) is 22.5 Å². The van der Waals surface area contributed by atoms with Crippen molar-refractivity contribution in [2.24, 2.45) is 0 Å². The topological polar surface area (TPSA) is 66.9 Å². The van der Waals surface area contributed by atoms with Gasteiger partial charge in [0.2, 0.25) is 0 Å². The first kappa shape index (κ1) is 15.9. The summed E-state index contributed by atoms with van der Waals surface area (Å²) in [5.41, 5.74) is 6.96. The lowest BCUT2D eigenvalue weighted by Crippen LogP contribution is -2.20. The van der Waals surface area contributed by atoms with Crippen LogP contribution in [-0.4, -0.2) is 16.0 Å². The Hall–Kier alpha value is -2.95. The molecular weight excluding hydrogens is 300 g/mol. The highest BCUT2D eigenvalue weighted by molar-refractivity contribution is 6.01. The van der Waals surface area contributed by atoms with Crippen molar-refractivity contribution >= 4 is 28.4 Å². The Kier molecular flexibility index (Phi) is 4.16. The number of hydrogen-bond acceptors (Lipinski definition) is 3. The van der Waals surface area contributed by atoms with Gasteiger partial charge in [-0.3, -0.25) is 0 Å². The Bertz CT molecular complexity index is 914. The number of para-hydroxylation sites is 1. The molecule has 1 aromatic heterocycles. The number of aromatic nitrogens is 2. The molecule has 0 atom stereocenters. The van der Waals surface area contributed by atoms with Crippen LogP contribution in [0.5, 0.6) is 0 Å². The van der Waals surface area contributed by atoms with Crippen molar-refractivity contribution in [3.8, 4) is 0 Å². The molecule has 0 spiro atoms. The Balaban J connectivity index is 1.81. The molecule has 1 heterocycles. The lowest BCUT2D eigenvalue weighted by molar-refractivity contribution is 0.262. The summed E-state index contributed by atoms with van der Waals surface area (Å²) >= 11 is 0. The molecule has 122 valence electrons. The van der Waals surface area contributed by atoms with E-state index in [1.807, 2.05) is 64.1 Å². The second-order valence-corrected chi connectivity index (χ2v) is 5.94. The van der Waals surface area contributed by atoms with Crippen molar-refractivity contribution < 1.29 is 4.79 Å². The molecule has 0 aliphatic carbocycles. The van der Waals surface area contributed by atoms with Crippen LogP contribution < -0.4 is 10.6 Å². The number of benzene rings is 2. The van der Waals surface area contributed by atoms with E-state index in [0.29, 0.717) is 5.69 Å². The summed E-state index contributed by atoms with van der Waals surface area (Å²) in [6.45, 7) is 7.81. The van der Waals surface area contributed by atoms with Crippen LogP contribution >= 0.6 is 0 Å². The third-order valence-corrected chi connectivity index (χ3v) is 4.05. The molecular formula is C19H20N4O. The maximum absolute atomic E-state index is 12.3. The van der Waals surface area contributed by atoms with Gasteiger partial charge in [-0.1, -0.05) is 18.2 Å². The third-order valence-electron chi connectivity index (χ3n) is 4.05. The second-order valence-electron chi connectivity index (χ2n) is 5.94. The molecule has 0 unspecified atom stereocenters. The number of urea groups is 1. The summed E-state index contributed by atoms with van der Waals surface area (Å²) in [6, 6.07) is 11.2. The van der Waals surface area contributed by atoms with Crippen molar-refractivity contribution in [1.82, 2.24) is 9.97 Å². The minimum Gasteiger partial charge on any atom is -0.308 e. The van der Waals surface area contributed by atoms with E-state index in [9.17, 15) is 4.79 Å². The normalized spacial score (nSPS) is 10.7. The standard InChI is InChI=1S/C19H20N4O/c1-11-6-5-7-12(2)18(11)23-19(24)22-15-8-9-16-17(10-15)21-14(4)13(3)20-16/h5-10H,1-4H3,(H2,22,23,24). The lowest BCUT2D eigenvalue weighted by Gasteiger charge is -2.12. The minimum absolute atomic E-state index is 0.274. The van der Waals surface area contributed by atoms with Crippen molar-refractivity contribution in [3.05, 3.63) is 58.9 Å². The summed E-state index contributed by atoms with van der Waals surface area (Å²) in [5.74, 6) is 0. The molecule has 0 fully saturated rings. The summed E-state index contributed by atoms with van der Waals surface area (Å²) in [6.07, 6.45) is 0. The molecule has 0 saturated heterocycles. The number of nitrogens with one attached hydrogen (secondary N) is 2. The number of carbonyl (C=O) groups is 1. The van der Waals surface area contributed by atoms with Gasteiger partial charge in [-0.15, -0.1) is 0 Å². The van der Waals surface area contributed by atoms with E-state index in [1.54, 1.807) is 0 Å². The lowest BCUT2D eigenvalue weighted by atomic mass is 10.1. The molecule has 2 N–H and O–H groups in total. The van der Waals surface area contributed by atoms with Crippen molar-refractivity contribution in [2.45, 2.75) is 27.7 Å². The van der Waals surface area contributed by atoms with Crippen LogP contribution in [0.2, 0.25) is 0 Å². The quantitative estimate of drug-likeness (QED) is 0.730. The number of rotatable bonds is 2. The first-order valence-corrected chi connectivity index (χ1v) is 7.83. The highest BCUT2D eigenvalue weighted by Crippen LogP contribution is 2.21. The monoisotopic (exact) mass is 320 g/mol. The minimum atomic E-state index is -0.274. The average Bonchev–Trinajstić information content (AvgIpc) is 2.52. The summed E-state index contributed by atoms with van der Waals surface area (Å²) in [7, 11) is 0. The van der Waals surface area contributed by atoms with E-state index in [2.05, 4.69) is 20.6 Å². The average molecular weight is 320 g/mol. The summed E-state index contributed by atoms with van der Waals surface area (Å²) in [5, 5.41) is 5.76. The van der Waals surface area contributed by atoms with Crippen molar-refractivity contribution in [3.63, 3.8) is 0 Å². The van der Waals surface area contributed by atoms with E-state index < -0.39 is 0 Å². The maximum Gasteiger partial charge on any atom is 0.323 e. The zero-order chi connectivity index (χ0) is 17.3. The molecule has 3 aromatic rings. The van der Waals surface area contributed by atoms with Gasteiger partial charge in [-0.2, -0.15) is 0 Å². The fourth-order valence-electron chi connectivity index (χ4n) is 2.60.